The van der Waals surface area contributed by atoms with Crippen molar-refractivity contribution in [2.24, 2.45) is 0 Å². The average Bonchev–Trinajstić information content (AvgIpc) is 2.19. The maximum atomic E-state index is 9.58. The Labute approximate surface area is 98.4 Å². The van der Waals surface area contributed by atoms with Crippen LogP contribution in [0, 0.1) is 6.07 Å². The highest BCUT2D eigenvalue weighted by Crippen LogP contribution is 2.28. The zero-order valence-electron chi connectivity index (χ0n) is 8.22. The Balaban J connectivity index is 2.83. The lowest BCUT2D eigenvalue weighted by Crippen LogP contribution is -2.01. The molecule has 1 N–H and O–H groups in total. The Morgan fingerprint density at radius 3 is 3.00 bits per heavy atom. The number of rotatable bonds is 5. The van der Waals surface area contributed by atoms with Crippen LogP contribution in [-0.2, 0) is 6.42 Å². The molecule has 0 spiro atoms. The molecule has 3 heteroatoms. The smallest absolute Gasteiger partial charge is 0.130 e. The fourth-order valence-electron chi connectivity index (χ4n) is 1.28. The molecule has 1 aromatic carbocycles. The lowest BCUT2D eigenvalue weighted by molar-refractivity contribution is 0.338. The summed E-state index contributed by atoms with van der Waals surface area (Å²) in [5.41, 5.74) is 0.875. The third-order valence-electron chi connectivity index (χ3n) is 1.87. The summed E-state index contributed by atoms with van der Waals surface area (Å²) in [5.74, 6) is 1.01. The molecule has 0 fully saturated rings. The van der Waals surface area contributed by atoms with Gasteiger partial charge in [-0.25, -0.2) is 0 Å². The van der Waals surface area contributed by atoms with E-state index < -0.39 is 0 Å². The van der Waals surface area contributed by atoms with E-state index in [4.69, 9.17) is 4.74 Å². The van der Waals surface area contributed by atoms with Crippen LogP contribution in [0.1, 0.15) is 18.9 Å². The zero-order chi connectivity index (χ0) is 10.4. The van der Waals surface area contributed by atoms with Gasteiger partial charge in [-0.1, -0.05) is 35.9 Å². The second kappa shape index (κ2) is 6.11. The van der Waals surface area contributed by atoms with Crippen LogP contribution in [0.2, 0.25) is 0 Å². The van der Waals surface area contributed by atoms with E-state index in [0.717, 1.165) is 28.6 Å². The number of aromatic hydroxyl groups is 1. The highest BCUT2D eigenvalue weighted by molar-refractivity contribution is 14.1. The maximum Gasteiger partial charge on any atom is 0.130 e. The van der Waals surface area contributed by atoms with Crippen molar-refractivity contribution < 1.29 is 9.84 Å². The van der Waals surface area contributed by atoms with Gasteiger partial charge in [0.25, 0.3) is 0 Å². The van der Waals surface area contributed by atoms with E-state index in [9.17, 15) is 5.11 Å². The molecule has 14 heavy (non-hydrogen) atoms. The highest BCUT2D eigenvalue weighted by Gasteiger charge is 2.07. The van der Waals surface area contributed by atoms with Crippen LogP contribution in [-0.4, -0.2) is 16.1 Å². The molecule has 0 amide bonds. The van der Waals surface area contributed by atoms with Crippen molar-refractivity contribution in [3.8, 4) is 11.5 Å². The van der Waals surface area contributed by atoms with Crippen LogP contribution >= 0.6 is 22.6 Å². The number of phenols is 1. The second-order valence-electron chi connectivity index (χ2n) is 2.96. The lowest BCUT2D eigenvalue weighted by Gasteiger charge is -2.10. The van der Waals surface area contributed by atoms with Gasteiger partial charge in [0.05, 0.1) is 6.61 Å². The first-order valence-electron chi connectivity index (χ1n) is 4.71. The fourth-order valence-corrected chi connectivity index (χ4v) is 1.50. The van der Waals surface area contributed by atoms with Gasteiger partial charge in [-0.15, -0.1) is 0 Å². The Kier molecular flexibility index (Phi) is 5.07. The molecular formula is C11H14IO2. The van der Waals surface area contributed by atoms with E-state index in [2.05, 4.69) is 35.6 Å². The van der Waals surface area contributed by atoms with Crippen molar-refractivity contribution in [2.75, 3.05) is 11.0 Å². The standard InChI is InChI=1S/C11H14IO2/c1-2-4-9-10(13)5-3-6-11(9)14-8-7-12/h3,6,13H,2,4,7-8H2,1H3. The summed E-state index contributed by atoms with van der Waals surface area (Å²) in [7, 11) is 0. The van der Waals surface area contributed by atoms with Crippen molar-refractivity contribution in [2.45, 2.75) is 19.8 Å². The summed E-state index contributed by atoms with van der Waals surface area (Å²) in [6.45, 7) is 2.76. The molecule has 0 saturated carbocycles. The Morgan fingerprint density at radius 2 is 2.36 bits per heavy atom. The van der Waals surface area contributed by atoms with Gasteiger partial charge in [-0.2, -0.15) is 0 Å². The first kappa shape index (κ1) is 11.6. The van der Waals surface area contributed by atoms with Crippen LogP contribution in [0.5, 0.6) is 11.5 Å². The van der Waals surface area contributed by atoms with Gasteiger partial charge < -0.3 is 9.84 Å². The largest absolute Gasteiger partial charge is 0.507 e. The molecule has 1 rings (SSSR count). The van der Waals surface area contributed by atoms with Crippen molar-refractivity contribution in [3.63, 3.8) is 0 Å². The zero-order valence-corrected chi connectivity index (χ0v) is 10.4. The van der Waals surface area contributed by atoms with Crippen LogP contribution < -0.4 is 4.74 Å². The van der Waals surface area contributed by atoms with Crippen molar-refractivity contribution in [1.82, 2.24) is 0 Å². The molecule has 1 radical (unpaired) electrons. The normalized spacial score (nSPS) is 10.1. The summed E-state index contributed by atoms with van der Waals surface area (Å²) >= 11 is 2.26. The molecule has 1 aromatic rings. The number of hydrogen-bond donors (Lipinski definition) is 1. The summed E-state index contributed by atoms with van der Waals surface area (Å²) in [4.78, 5) is 0. The Bertz CT molecular complexity index is 287. The monoisotopic (exact) mass is 305 g/mol. The summed E-state index contributed by atoms with van der Waals surface area (Å²) in [5, 5.41) is 9.58. The van der Waals surface area contributed by atoms with E-state index in [1.165, 1.54) is 0 Å². The Morgan fingerprint density at radius 1 is 1.57 bits per heavy atom. The van der Waals surface area contributed by atoms with E-state index in [1.54, 1.807) is 6.07 Å². The summed E-state index contributed by atoms with van der Waals surface area (Å²) < 4.78 is 6.48. The van der Waals surface area contributed by atoms with Gasteiger partial charge in [-0.05, 0) is 18.6 Å². The number of halogens is 1. The van der Waals surface area contributed by atoms with Gasteiger partial charge in [0.2, 0.25) is 0 Å². The number of ether oxygens (including phenoxy) is 1. The minimum absolute atomic E-state index is 0.220. The number of hydrogen-bond acceptors (Lipinski definition) is 2. The summed E-state index contributed by atoms with van der Waals surface area (Å²) in [6, 6.07) is 6.32. The molecule has 0 heterocycles. The van der Waals surface area contributed by atoms with Crippen molar-refractivity contribution in [3.05, 3.63) is 23.8 Å². The van der Waals surface area contributed by atoms with Gasteiger partial charge >= 0.3 is 0 Å². The van der Waals surface area contributed by atoms with Crippen molar-refractivity contribution in [1.29, 1.82) is 0 Å². The molecule has 0 saturated heterocycles. The highest BCUT2D eigenvalue weighted by atomic mass is 127. The number of alkyl halides is 1. The molecule has 0 bridgehead atoms. The number of benzene rings is 1. The predicted octanol–water partition coefficient (Wildman–Crippen LogP) is 2.96. The second-order valence-corrected chi connectivity index (χ2v) is 4.04. The van der Waals surface area contributed by atoms with Crippen molar-refractivity contribution >= 4 is 22.6 Å². The van der Waals surface area contributed by atoms with Gasteiger partial charge in [0, 0.05) is 16.1 Å². The molecule has 0 atom stereocenters. The van der Waals surface area contributed by atoms with Gasteiger partial charge in [0.1, 0.15) is 11.5 Å². The quantitative estimate of drug-likeness (QED) is 0.669. The third kappa shape index (κ3) is 3.04. The van der Waals surface area contributed by atoms with Crippen LogP contribution in [0.25, 0.3) is 0 Å². The minimum Gasteiger partial charge on any atom is -0.507 e. The first-order valence-corrected chi connectivity index (χ1v) is 6.23. The Hall–Kier alpha value is -0.450. The SMILES string of the molecule is CCCc1c(O)[c]ccc1OCCI. The molecule has 77 valence electrons. The predicted molar refractivity (Wildman–Crippen MR) is 65.3 cm³/mol. The summed E-state index contributed by atoms with van der Waals surface area (Å²) in [6.07, 6.45) is 1.83. The molecule has 0 aliphatic rings. The third-order valence-corrected chi connectivity index (χ3v) is 2.31. The topological polar surface area (TPSA) is 29.5 Å². The van der Waals surface area contributed by atoms with Crippen LogP contribution in [0.15, 0.2) is 12.1 Å². The fraction of sp³-hybridized carbons (Fsp3) is 0.455. The molecular weight excluding hydrogens is 291 g/mol. The first-order chi connectivity index (χ1) is 6.79. The van der Waals surface area contributed by atoms with Crippen LogP contribution in [0.4, 0.5) is 0 Å². The maximum absolute atomic E-state index is 9.58. The van der Waals surface area contributed by atoms with E-state index in [0.29, 0.717) is 6.61 Å². The van der Waals surface area contributed by atoms with Gasteiger partial charge in [0.15, 0.2) is 0 Å². The van der Waals surface area contributed by atoms with E-state index in [-0.39, 0.29) is 5.75 Å². The average molecular weight is 305 g/mol. The van der Waals surface area contributed by atoms with E-state index >= 15 is 0 Å². The lowest BCUT2D eigenvalue weighted by atomic mass is 10.1. The molecule has 0 aromatic heterocycles. The number of phenolic OH excluding ortho intramolecular Hbond substituents is 1. The molecule has 2 nitrogen and oxygen atoms in total. The van der Waals surface area contributed by atoms with Crippen LogP contribution in [0.3, 0.4) is 0 Å². The minimum atomic E-state index is 0.220. The molecule has 0 unspecified atom stereocenters. The van der Waals surface area contributed by atoms with E-state index in [1.807, 2.05) is 6.07 Å². The van der Waals surface area contributed by atoms with Gasteiger partial charge in [-0.3, -0.25) is 0 Å². The molecule has 0 aliphatic carbocycles. The molecule has 0 aliphatic heterocycles.